The molecule has 2 aliphatic rings. The Hall–Kier alpha value is -2.59. The van der Waals surface area contributed by atoms with Gasteiger partial charge in [-0.2, -0.15) is 0 Å². The van der Waals surface area contributed by atoms with E-state index in [2.05, 4.69) is 18.7 Å². The first-order valence-electron chi connectivity index (χ1n) is 10.9. The van der Waals surface area contributed by atoms with Crippen molar-refractivity contribution >= 4 is 34.7 Å². The van der Waals surface area contributed by atoms with Crippen LogP contribution in [0.2, 0.25) is 5.02 Å². The monoisotopic (exact) mass is 436 g/mol. The minimum absolute atomic E-state index is 0.259. The number of hydrogen-bond acceptors (Lipinski definition) is 3. The maximum atomic E-state index is 13.8. The SMILES string of the molecule is Cc1ccc(C2=C(N3CC(C)CC(C)C3)C(=O)N(c3cccc(Cl)c3C)C2=O)cc1C. The number of amides is 2. The fraction of sp³-hybridized carbons (Fsp3) is 0.385. The van der Waals surface area contributed by atoms with Crippen LogP contribution < -0.4 is 4.90 Å². The number of nitrogens with zero attached hydrogens (tertiary/aromatic N) is 2. The molecule has 1 fully saturated rings. The molecule has 2 aromatic rings. The van der Waals surface area contributed by atoms with E-state index < -0.39 is 0 Å². The molecule has 0 aromatic heterocycles. The highest BCUT2D eigenvalue weighted by atomic mass is 35.5. The van der Waals surface area contributed by atoms with Crippen molar-refractivity contribution in [2.75, 3.05) is 18.0 Å². The largest absolute Gasteiger partial charge is 0.366 e. The predicted molar refractivity (Wildman–Crippen MR) is 126 cm³/mol. The van der Waals surface area contributed by atoms with Crippen molar-refractivity contribution in [3.63, 3.8) is 0 Å². The van der Waals surface area contributed by atoms with Gasteiger partial charge in [-0.15, -0.1) is 0 Å². The molecule has 2 aliphatic heterocycles. The van der Waals surface area contributed by atoms with Crippen molar-refractivity contribution < 1.29 is 9.59 Å². The second-order valence-electron chi connectivity index (χ2n) is 9.20. The third-order valence-electron chi connectivity index (χ3n) is 6.52. The average Bonchev–Trinajstić information content (AvgIpc) is 2.96. The number of likely N-dealkylation sites (tertiary alicyclic amines) is 1. The van der Waals surface area contributed by atoms with Crippen LogP contribution in [-0.4, -0.2) is 29.8 Å². The number of benzene rings is 2. The second-order valence-corrected chi connectivity index (χ2v) is 9.61. The molecule has 5 heteroatoms. The molecule has 31 heavy (non-hydrogen) atoms. The van der Waals surface area contributed by atoms with Gasteiger partial charge in [0, 0.05) is 18.1 Å². The molecule has 2 heterocycles. The molecule has 0 spiro atoms. The van der Waals surface area contributed by atoms with Crippen molar-refractivity contribution in [2.45, 2.75) is 41.0 Å². The molecule has 2 atom stereocenters. The van der Waals surface area contributed by atoms with E-state index in [-0.39, 0.29) is 11.8 Å². The Bertz CT molecular complexity index is 1090. The summed E-state index contributed by atoms with van der Waals surface area (Å²) in [5, 5.41) is 0.541. The van der Waals surface area contributed by atoms with Gasteiger partial charge in [0.15, 0.2) is 0 Å². The van der Waals surface area contributed by atoms with Crippen molar-refractivity contribution in [1.29, 1.82) is 0 Å². The number of aryl methyl sites for hydroxylation is 2. The van der Waals surface area contributed by atoms with E-state index in [0.29, 0.717) is 33.8 Å². The maximum Gasteiger partial charge on any atom is 0.282 e. The summed E-state index contributed by atoms with van der Waals surface area (Å²) in [7, 11) is 0. The Morgan fingerprint density at radius 3 is 2.23 bits per heavy atom. The Morgan fingerprint density at radius 2 is 1.58 bits per heavy atom. The molecular weight excluding hydrogens is 408 g/mol. The number of anilines is 1. The van der Waals surface area contributed by atoms with E-state index in [0.717, 1.165) is 41.8 Å². The highest BCUT2D eigenvalue weighted by Gasteiger charge is 2.44. The molecule has 2 aromatic carbocycles. The van der Waals surface area contributed by atoms with Gasteiger partial charge in [-0.05, 0) is 73.4 Å². The van der Waals surface area contributed by atoms with Crippen LogP contribution in [0.1, 0.15) is 42.5 Å². The first-order chi connectivity index (χ1) is 14.7. The van der Waals surface area contributed by atoms with Crippen LogP contribution in [0.25, 0.3) is 5.57 Å². The molecule has 0 aliphatic carbocycles. The van der Waals surface area contributed by atoms with Crippen LogP contribution in [0, 0.1) is 32.6 Å². The van der Waals surface area contributed by atoms with Crippen LogP contribution in [0.15, 0.2) is 42.1 Å². The molecule has 4 rings (SSSR count). The summed E-state index contributed by atoms with van der Waals surface area (Å²) in [5.74, 6) is 0.383. The van der Waals surface area contributed by atoms with Crippen LogP contribution in [0.4, 0.5) is 5.69 Å². The Labute approximate surface area is 189 Å². The van der Waals surface area contributed by atoms with Gasteiger partial charge in [-0.1, -0.05) is 49.7 Å². The van der Waals surface area contributed by atoms with Crippen LogP contribution in [0.3, 0.4) is 0 Å². The fourth-order valence-electron chi connectivity index (χ4n) is 4.87. The van der Waals surface area contributed by atoms with E-state index >= 15 is 0 Å². The molecule has 0 N–H and O–H groups in total. The van der Waals surface area contributed by atoms with Crippen molar-refractivity contribution in [3.05, 3.63) is 69.4 Å². The van der Waals surface area contributed by atoms with Gasteiger partial charge in [0.05, 0.1) is 11.3 Å². The molecule has 0 saturated carbocycles. The van der Waals surface area contributed by atoms with Crippen molar-refractivity contribution in [1.82, 2.24) is 4.90 Å². The van der Waals surface area contributed by atoms with Gasteiger partial charge in [-0.3, -0.25) is 9.59 Å². The van der Waals surface area contributed by atoms with Gasteiger partial charge in [0.1, 0.15) is 5.70 Å². The van der Waals surface area contributed by atoms with Crippen LogP contribution in [0.5, 0.6) is 0 Å². The minimum atomic E-state index is -0.278. The van der Waals surface area contributed by atoms with Gasteiger partial charge in [0.2, 0.25) is 0 Å². The van der Waals surface area contributed by atoms with E-state index in [4.69, 9.17) is 11.6 Å². The molecular formula is C26H29ClN2O2. The summed E-state index contributed by atoms with van der Waals surface area (Å²) in [5.41, 5.74) is 5.35. The predicted octanol–water partition coefficient (Wildman–Crippen LogP) is 5.53. The van der Waals surface area contributed by atoms with E-state index in [9.17, 15) is 9.59 Å². The zero-order chi connectivity index (χ0) is 22.4. The molecule has 2 amide bonds. The van der Waals surface area contributed by atoms with Crippen LogP contribution >= 0.6 is 11.6 Å². The average molecular weight is 437 g/mol. The minimum Gasteiger partial charge on any atom is -0.366 e. The lowest BCUT2D eigenvalue weighted by atomic mass is 9.90. The van der Waals surface area contributed by atoms with Gasteiger partial charge in [0.25, 0.3) is 11.8 Å². The van der Waals surface area contributed by atoms with E-state index in [1.807, 2.05) is 39.0 Å². The van der Waals surface area contributed by atoms with Crippen LogP contribution in [-0.2, 0) is 9.59 Å². The highest BCUT2D eigenvalue weighted by molar-refractivity contribution is 6.46. The number of carbonyl (C=O) groups is 2. The summed E-state index contributed by atoms with van der Waals surface area (Å²) in [6.45, 7) is 11.9. The number of hydrogen-bond donors (Lipinski definition) is 0. The van der Waals surface area contributed by atoms with Gasteiger partial charge >= 0.3 is 0 Å². The number of rotatable bonds is 3. The summed E-state index contributed by atoms with van der Waals surface area (Å²) in [4.78, 5) is 31.0. The Morgan fingerprint density at radius 1 is 0.903 bits per heavy atom. The number of halogens is 1. The van der Waals surface area contributed by atoms with Crippen molar-refractivity contribution in [2.24, 2.45) is 11.8 Å². The molecule has 162 valence electrons. The molecule has 2 unspecified atom stereocenters. The summed E-state index contributed by atoms with van der Waals surface area (Å²) in [6, 6.07) is 11.3. The fourth-order valence-corrected chi connectivity index (χ4v) is 5.04. The smallest absolute Gasteiger partial charge is 0.282 e. The molecule has 0 radical (unpaired) electrons. The third-order valence-corrected chi connectivity index (χ3v) is 6.93. The zero-order valence-corrected chi connectivity index (χ0v) is 19.6. The third kappa shape index (κ3) is 3.78. The lowest BCUT2D eigenvalue weighted by Crippen LogP contribution is -2.42. The zero-order valence-electron chi connectivity index (χ0n) is 18.8. The maximum absolute atomic E-state index is 13.8. The van der Waals surface area contributed by atoms with E-state index in [1.165, 1.54) is 4.90 Å². The molecule has 4 nitrogen and oxygen atoms in total. The summed E-state index contributed by atoms with van der Waals surface area (Å²) < 4.78 is 0. The first kappa shape index (κ1) is 21.6. The number of imide groups is 1. The summed E-state index contributed by atoms with van der Waals surface area (Å²) >= 11 is 6.33. The number of carbonyl (C=O) groups excluding carboxylic acids is 2. The quantitative estimate of drug-likeness (QED) is 0.594. The standard InChI is InChI=1S/C26H29ClN2O2/c1-15-11-16(2)14-28(13-15)24-23(20-10-9-17(3)18(4)12-20)25(30)29(26(24)31)22-8-6-7-21(27)19(22)5/h6-10,12,15-16H,11,13-14H2,1-5H3. The second kappa shape index (κ2) is 8.16. The van der Waals surface area contributed by atoms with E-state index in [1.54, 1.807) is 18.2 Å². The molecule has 1 saturated heterocycles. The van der Waals surface area contributed by atoms with Crippen molar-refractivity contribution in [3.8, 4) is 0 Å². The normalized spacial score (nSPS) is 22.0. The molecule has 0 bridgehead atoms. The topological polar surface area (TPSA) is 40.6 Å². The Balaban J connectivity index is 1.89. The Kier molecular flexibility index (Phi) is 5.69. The first-order valence-corrected chi connectivity index (χ1v) is 11.3. The lowest BCUT2D eigenvalue weighted by Gasteiger charge is -2.37. The van der Waals surface area contributed by atoms with Gasteiger partial charge < -0.3 is 4.90 Å². The number of piperidine rings is 1. The summed E-state index contributed by atoms with van der Waals surface area (Å²) in [6.07, 6.45) is 1.13. The highest BCUT2D eigenvalue weighted by Crippen LogP contribution is 2.39. The lowest BCUT2D eigenvalue weighted by molar-refractivity contribution is -0.120. The van der Waals surface area contributed by atoms with Gasteiger partial charge in [-0.25, -0.2) is 4.90 Å².